The number of ether oxygens (including phenoxy) is 4. The van der Waals surface area contributed by atoms with Crippen LogP contribution in [0.25, 0.3) is 0 Å². The average molecular weight is 1490 g/mol. The topological polar surface area (TPSA) is 237 Å². The third-order valence-electron chi connectivity index (χ3n) is 18.3. The van der Waals surface area contributed by atoms with Gasteiger partial charge in [-0.1, -0.05) is 333 Å². The lowest BCUT2D eigenvalue weighted by molar-refractivity contribution is -0.161. The maximum atomic E-state index is 13.1. The Bertz CT molecular complexity index is 2120. The minimum absolute atomic E-state index is 0.0918. The van der Waals surface area contributed by atoms with Crippen LogP contribution in [0.4, 0.5) is 0 Å². The fraction of sp³-hybridized carbons (Fsp3) is 0.855. The zero-order chi connectivity index (χ0) is 74.6. The van der Waals surface area contributed by atoms with E-state index in [1.165, 1.54) is 180 Å². The van der Waals surface area contributed by atoms with Crippen LogP contribution in [0.2, 0.25) is 0 Å². The van der Waals surface area contributed by atoms with E-state index >= 15 is 0 Å². The van der Waals surface area contributed by atoms with Gasteiger partial charge in [0.2, 0.25) is 0 Å². The summed E-state index contributed by atoms with van der Waals surface area (Å²) in [7, 11) is -9.94. The Hall–Kier alpha value is -2.98. The molecule has 0 heterocycles. The molecule has 5 atom stereocenters. The van der Waals surface area contributed by atoms with E-state index in [4.69, 9.17) is 37.0 Å². The summed E-state index contributed by atoms with van der Waals surface area (Å²) in [6, 6.07) is 0. The molecule has 102 heavy (non-hydrogen) atoms. The molecule has 5 unspecified atom stereocenters. The van der Waals surface area contributed by atoms with E-state index in [1.807, 2.05) is 0 Å². The van der Waals surface area contributed by atoms with Crippen LogP contribution in [0.15, 0.2) is 48.6 Å². The number of phosphoric ester groups is 2. The SMILES string of the molecule is CCCCC/C=C\C/C=C\C/C=C\CCCCCCCCC(=O)OCC(COP(=O)(O)OCC(O)COP(=O)(O)OCC(COC(=O)CCCCCCCCCCCCCCCCC)OC(=O)CCCCCCC/C=C\CCCCCC)OC(=O)CCCCCCCCCCCCCCCCC. The molecule has 0 amide bonds. The van der Waals surface area contributed by atoms with Gasteiger partial charge in [-0.15, -0.1) is 0 Å². The number of aliphatic hydroxyl groups is 1. The summed E-state index contributed by atoms with van der Waals surface area (Å²) in [5, 5.41) is 10.6. The molecule has 0 fully saturated rings. The van der Waals surface area contributed by atoms with E-state index in [0.717, 1.165) is 141 Å². The van der Waals surface area contributed by atoms with Gasteiger partial charge in [0.15, 0.2) is 12.2 Å². The number of hydrogen-bond donors (Lipinski definition) is 3. The Morgan fingerprint density at radius 1 is 0.275 bits per heavy atom. The van der Waals surface area contributed by atoms with Crippen LogP contribution in [0.5, 0.6) is 0 Å². The summed E-state index contributed by atoms with van der Waals surface area (Å²) in [6.45, 7) is 4.92. The van der Waals surface area contributed by atoms with Crippen molar-refractivity contribution in [2.24, 2.45) is 0 Å². The summed E-state index contributed by atoms with van der Waals surface area (Å²) in [5.41, 5.74) is 0. The predicted octanol–water partition coefficient (Wildman–Crippen LogP) is 24.5. The molecule has 0 radical (unpaired) electrons. The Kier molecular flexibility index (Phi) is 74.0. The van der Waals surface area contributed by atoms with Crippen molar-refractivity contribution >= 4 is 39.5 Å². The molecular formula is C83H154O17P2. The maximum absolute atomic E-state index is 13.1. The highest BCUT2D eigenvalue weighted by Crippen LogP contribution is 2.45. The molecular weight excluding hydrogens is 1330 g/mol. The van der Waals surface area contributed by atoms with Gasteiger partial charge in [-0.2, -0.15) is 0 Å². The Labute approximate surface area is 623 Å². The number of phosphoric acid groups is 2. The van der Waals surface area contributed by atoms with Gasteiger partial charge in [0.25, 0.3) is 0 Å². The van der Waals surface area contributed by atoms with Gasteiger partial charge in [0.1, 0.15) is 19.3 Å². The van der Waals surface area contributed by atoms with Crippen LogP contribution < -0.4 is 0 Å². The number of unbranched alkanes of at least 4 members (excludes halogenated alkanes) is 46. The number of carbonyl (C=O) groups is 4. The van der Waals surface area contributed by atoms with Crippen molar-refractivity contribution in [3.8, 4) is 0 Å². The van der Waals surface area contributed by atoms with E-state index in [2.05, 4.69) is 76.3 Å². The minimum Gasteiger partial charge on any atom is -0.462 e. The molecule has 0 saturated heterocycles. The smallest absolute Gasteiger partial charge is 0.462 e. The van der Waals surface area contributed by atoms with Crippen molar-refractivity contribution in [2.75, 3.05) is 39.6 Å². The molecule has 0 aliphatic heterocycles. The van der Waals surface area contributed by atoms with Crippen LogP contribution in [-0.4, -0.2) is 96.7 Å². The van der Waals surface area contributed by atoms with Crippen LogP contribution in [0.3, 0.4) is 0 Å². The lowest BCUT2D eigenvalue weighted by Crippen LogP contribution is -2.30. The summed E-state index contributed by atoms with van der Waals surface area (Å²) in [5.74, 6) is -2.15. The first-order valence-electron chi connectivity index (χ1n) is 41.9. The molecule has 0 spiro atoms. The highest BCUT2D eigenvalue weighted by atomic mass is 31.2. The van der Waals surface area contributed by atoms with Gasteiger partial charge in [0, 0.05) is 25.7 Å². The standard InChI is InChI=1S/C83H154O17P2/c1-5-9-13-17-21-25-29-33-36-37-38-39-42-45-48-52-56-60-64-68-81(86)94-74-79(100-83(88)70-66-62-58-54-50-46-41-35-31-27-23-19-15-11-7-3)76-98-102(91,92)96-72-77(84)71-95-101(89,90)97-75-78(99-82(87)69-65-61-57-53-49-43-32-28-24-20-16-12-8-4)73-93-80(85)67-63-59-55-51-47-44-40-34-30-26-22-18-14-10-6-2/h21,25,28,32-33,36,38-39,77-79,84H,5-20,22-24,26-27,29-31,34-35,37,40-76H2,1-4H3,(H,89,90)(H,91,92)/b25-21-,32-28-,36-33-,39-38-. The van der Waals surface area contributed by atoms with Crippen molar-refractivity contribution in [3.05, 3.63) is 48.6 Å². The third kappa shape index (κ3) is 75.3. The molecule has 0 aromatic carbocycles. The van der Waals surface area contributed by atoms with Crippen LogP contribution >= 0.6 is 15.6 Å². The Morgan fingerprint density at radius 3 is 0.775 bits per heavy atom. The number of esters is 4. The second-order valence-electron chi connectivity index (χ2n) is 28.4. The van der Waals surface area contributed by atoms with Crippen molar-refractivity contribution < 1.29 is 80.2 Å². The molecule has 598 valence electrons. The lowest BCUT2D eigenvalue weighted by Gasteiger charge is -2.21. The third-order valence-corrected chi connectivity index (χ3v) is 20.2. The van der Waals surface area contributed by atoms with Gasteiger partial charge in [0.05, 0.1) is 26.4 Å². The molecule has 0 bridgehead atoms. The molecule has 0 aliphatic carbocycles. The zero-order valence-electron chi connectivity index (χ0n) is 65.6. The van der Waals surface area contributed by atoms with E-state index in [1.54, 1.807) is 0 Å². The molecule has 0 saturated carbocycles. The number of hydrogen-bond acceptors (Lipinski definition) is 15. The summed E-state index contributed by atoms with van der Waals surface area (Å²) in [6.07, 6.45) is 75.0. The highest BCUT2D eigenvalue weighted by molar-refractivity contribution is 7.47. The zero-order valence-corrected chi connectivity index (χ0v) is 67.3. The van der Waals surface area contributed by atoms with Gasteiger partial charge in [-0.3, -0.25) is 37.3 Å². The first-order chi connectivity index (χ1) is 49.7. The van der Waals surface area contributed by atoms with E-state index < -0.39 is 97.5 Å². The fourth-order valence-electron chi connectivity index (χ4n) is 11.9. The first-order valence-corrected chi connectivity index (χ1v) is 44.9. The van der Waals surface area contributed by atoms with E-state index in [9.17, 15) is 43.2 Å². The fourth-order valence-corrected chi connectivity index (χ4v) is 13.5. The van der Waals surface area contributed by atoms with Crippen LogP contribution in [0, 0.1) is 0 Å². The molecule has 0 aromatic rings. The van der Waals surface area contributed by atoms with Gasteiger partial charge in [-0.25, -0.2) is 9.13 Å². The summed E-state index contributed by atoms with van der Waals surface area (Å²) >= 11 is 0. The first kappa shape index (κ1) is 99.0. The molecule has 0 rings (SSSR count). The van der Waals surface area contributed by atoms with Crippen molar-refractivity contribution in [3.63, 3.8) is 0 Å². The normalized spacial score (nSPS) is 14.1. The van der Waals surface area contributed by atoms with Crippen LogP contribution in [0.1, 0.15) is 400 Å². The average Bonchev–Trinajstić information content (AvgIpc) is 0.924. The molecule has 0 aliphatic rings. The highest BCUT2D eigenvalue weighted by Gasteiger charge is 2.30. The Morgan fingerprint density at radius 2 is 0.480 bits per heavy atom. The number of rotatable bonds is 80. The quantitative estimate of drug-likeness (QED) is 0.0169. The van der Waals surface area contributed by atoms with Crippen LogP contribution in [-0.2, 0) is 65.4 Å². The largest absolute Gasteiger partial charge is 0.472 e. The minimum atomic E-state index is -4.97. The monoisotopic (exact) mass is 1490 g/mol. The van der Waals surface area contributed by atoms with E-state index in [-0.39, 0.29) is 25.7 Å². The van der Waals surface area contributed by atoms with Crippen molar-refractivity contribution in [2.45, 2.75) is 418 Å². The second-order valence-corrected chi connectivity index (χ2v) is 31.3. The molecule has 0 aromatic heterocycles. The lowest BCUT2D eigenvalue weighted by atomic mass is 10.0. The van der Waals surface area contributed by atoms with Gasteiger partial charge < -0.3 is 33.8 Å². The second kappa shape index (κ2) is 76.2. The summed E-state index contributed by atoms with van der Waals surface area (Å²) in [4.78, 5) is 73.1. The number of carbonyl (C=O) groups excluding carboxylic acids is 4. The molecule has 17 nitrogen and oxygen atoms in total. The van der Waals surface area contributed by atoms with Gasteiger partial charge in [-0.05, 0) is 89.9 Å². The van der Waals surface area contributed by atoms with Crippen molar-refractivity contribution in [1.29, 1.82) is 0 Å². The number of aliphatic hydroxyl groups excluding tert-OH is 1. The van der Waals surface area contributed by atoms with Crippen molar-refractivity contribution in [1.82, 2.24) is 0 Å². The van der Waals surface area contributed by atoms with E-state index in [0.29, 0.717) is 25.7 Å². The Balaban J connectivity index is 5.31. The molecule has 3 N–H and O–H groups in total. The maximum Gasteiger partial charge on any atom is 0.472 e. The van der Waals surface area contributed by atoms with Gasteiger partial charge >= 0.3 is 39.5 Å². The molecule has 19 heteroatoms. The number of allylic oxidation sites excluding steroid dienone is 8. The predicted molar refractivity (Wildman–Crippen MR) is 418 cm³/mol. The summed E-state index contributed by atoms with van der Waals surface area (Å²) < 4.78 is 68.7.